The predicted octanol–water partition coefficient (Wildman–Crippen LogP) is 4.29. The Morgan fingerprint density at radius 1 is 1.21 bits per heavy atom. The summed E-state index contributed by atoms with van der Waals surface area (Å²) >= 11 is 10.7. The molecule has 1 aliphatic heterocycles. The number of hydrogen-bond acceptors (Lipinski definition) is 6. The molecule has 2 aromatic heterocycles. The molecule has 1 saturated heterocycles. The van der Waals surface area contributed by atoms with E-state index in [9.17, 15) is 9.59 Å². The molecular weight excluding hydrogens is 446 g/mol. The normalized spacial score (nSPS) is 16.2. The molecule has 3 heterocycles. The number of amides is 2. The van der Waals surface area contributed by atoms with Gasteiger partial charge in [0, 0.05) is 16.2 Å². The maximum absolute atomic E-state index is 12.7. The number of nitrogens with zero attached hydrogens (tertiary/aromatic N) is 2. The average molecular weight is 464 g/mol. The molecular formula is C20H18ClN3O2S3. The number of rotatable bonds is 6. The number of carbonyl (C=O) groups excluding carboxylic acids is 2. The van der Waals surface area contributed by atoms with Crippen molar-refractivity contribution in [3.8, 4) is 9.88 Å². The van der Waals surface area contributed by atoms with Gasteiger partial charge in [0.2, 0.25) is 11.8 Å². The van der Waals surface area contributed by atoms with Crippen molar-refractivity contribution in [2.75, 3.05) is 11.6 Å². The summed E-state index contributed by atoms with van der Waals surface area (Å²) in [7, 11) is 0. The van der Waals surface area contributed by atoms with E-state index in [0.29, 0.717) is 23.2 Å². The standard InChI is InChI=1S/C20H18ClN3O2S3/c21-14-5-3-13(4-6-14)8-18(25)24-12-27-11-16(24)19(26)22-9-15-10-29-20(23-15)17-2-1-7-28-17/h1-7,10,16H,8-9,11-12H2,(H,22,26). The van der Waals surface area contributed by atoms with E-state index in [-0.39, 0.29) is 18.2 Å². The lowest BCUT2D eigenvalue weighted by molar-refractivity contribution is -0.137. The third-order valence-corrected chi connectivity index (χ3v) is 7.70. The first-order chi connectivity index (χ1) is 14.1. The number of aromatic nitrogens is 1. The summed E-state index contributed by atoms with van der Waals surface area (Å²) in [6, 6.07) is 10.8. The molecule has 0 saturated carbocycles. The van der Waals surface area contributed by atoms with E-state index in [1.54, 1.807) is 51.5 Å². The molecule has 29 heavy (non-hydrogen) atoms. The van der Waals surface area contributed by atoms with Crippen molar-refractivity contribution < 1.29 is 9.59 Å². The van der Waals surface area contributed by atoms with Crippen LogP contribution >= 0.6 is 46.0 Å². The first kappa shape index (κ1) is 20.4. The summed E-state index contributed by atoms with van der Waals surface area (Å²) < 4.78 is 0. The van der Waals surface area contributed by atoms with Crippen LogP contribution in [0, 0.1) is 0 Å². The number of hydrogen-bond donors (Lipinski definition) is 1. The number of thiazole rings is 1. The van der Waals surface area contributed by atoms with E-state index in [4.69, 9.17) is 11.6 Å². The van der Waals surface area contributed by atoms with Gasteiger partial charge >= 0.3 is 0 Å². The molecule has 150 valence electrons. The fourth-order valence-electron chi connectivity index (χ4n) is 2.98. The SMILES string of the molecule is O=C(NCc1csc(-c2cccs2)n1)C1CSCN1C(=O)Cc1ccc(Cl)cc1. The van der Waals surface area contributed by atoms with Crippen LogP contribution in [0.3, 0.4) is 0 Å². The Kier molecular flexibility index (Phi) is 6.54. The van der Waals surface area contributed by atoms with Gasteiger partial charge in [0.15, 0.2) is 0 Å². The van der Waals surface area contributed by atoms with Crippen molar-refractivity contribution in [1.29, 1.82) is 0 Å². The lowest BCUT2D eigenvalue weighted by Crippen LogP contribution is -2.47. The summed E-state index contributed by atoms with van der Waals surface area (Å²) in [5.74, 6) is 0.954. The van der Waals surface area contributed by atoms with Gasteiger partial charge < -0.3 is 10.2 Å². The summed E-state index contributed by atoms with van der Waals surface area (Å²) in [5, 5.41) is 8.52. The molecule has 3 aromatic rings. The van der Waals surface area contributed by atoms with Gasteiger partial charge in [0.25, 0.3) is 0 Å². The van der Waals surface area contributed by atoms with Crippen LogP contribution in [0.2, 0.25) is 5.02 Å². The van der Waals surface area contributed by atoms with Crippen LogP contribution in [-0.2, 0) is 22.6 Å². The van der Waals surface area contributed by atoms with Gasteiger partial charge in [-0.3, -0.25) is 9.59 Å². The zero-order valence-corrected chi connectivity index (χ0v) is 18.5. The molecule has 5 nitrogen and oxygen atoms in total. The van der Waals surface area contributed by atoms with Crippen molar-refractivity contribution >= 4 is 57.9 Å². The number of halogens is 1. The minimum atomic E-state index is -0.449. The van der Waals surface area contributed by atoms with Crippen LogP contribution < -0.4 is 5.32 Å². The fourth-order valence-corrected chi connectivity index (χ4v) is 5.92. The van der Waals surface area contributed by atoms with E-state index in [2.05, 4.69) is 10.3 Å². The second-order valence-corrected chi connectivity index (χ2v) is 9.76. The summed E-state index contributed by atoms with van der Waals surface area (Å²) in [6.07, 6.45) is 0.262. The van der Waals surface area contributed by atoms with Gasteiger partial charge in [0.05, 0.1) is 29.4 Å². The van der Waals surface area contributed by atoms with E-state index >= 15 is 0 Å². The maximum Gasteiger partial charge on any atom is 0.244 e. The Hall–Kier alpha value is -1.87. The van der Waals surface area contributed by atoms with Crippen molar-refractivity contribution in [2.24, 2.45) is 0 Å². The van der Waals surface area contributed by atoms with E-state index in [1.165, 1.54) is 0 Å². The first-order valence-electron chi connectivity index (χ1n) is 8.98. The second-order valence-electron chi connectivity index (χ2n) is 6.52. The quantitative estimate of drug-likeness (QED) is 0.592. The predicted molar refractivity (Wildman–Crippen MR) is 120 cm³/mol. The molecule has 0 bridgehead atoms. The minimum Gasteiger partial charge on any atom is -0.349 e. The van der Waals surface area contributed by atoms with E-state index in [0.717, 1.165) is 21.1 Å². The summed E-state index contributed by atoms with van der Waals surface area (Å²) in [4.78, 5) is 32.8. The third-order valence-electron chi connectivity index (χ3n) is 4.50. The molecule has 2 amide bonds. The largest absolute Gasteiger partial charge is 0.349 e. The maximum atomic E-state index is 12.7. The Morgan fingerprint density at radius 2 is 2.03 bits per heavy atom. The molecule has 0 radical (unpaired) electrons. The van der Waals surface area contributed by atoms with Gasteiger partial charge in [0.1, 0.15) is 11.0 Å². The molecule has 0 spiro atoms. The number of thiophene rings is 1. The van der Waals surface area contributed by atoms with Crippen molar-refractivity contribution in [2.45, 2.75) is 19.0 Å². The van der Waals surface area contributed by atoms with E-state index in [1.807, 2.05) is 35.0 Å². The van der Waals surface area contributed by atoms with Gasteiger partial charge in [-0.15, -0.1) is 34.4 Å². The Balaban J connectivity index is 1.34. The molecule has 1 fully saturated rings. The monoisotopic (exact) mass is 463 g/mol. The molecule has 0 aliphatic carbocycles. The van der Waals surface area contributed by atoms with Gasteiger partial charge in [-0.25, -0.2) is 4.98 Å². The van der Waals surface area contributed by atoms with Crippen LogP contribution in [-0.4, -0.2) is 39.4 Å². The Labute approximate surface area is 186 Å². The highest BCUT2D eigenvalue weighted by molar-refractivity contribution is 7.99. The highest BCUT2D eigenvalue weighted by Crippen LogP contribution is 2.28. The first-order valence-corrected chi connectivity index (χ1v) is 12.3. The highest BCUT2D eigenvalue weighted by atomic mass is 35.5. The molecule has 1 unspecified atom stereocenters. The lowest BCUT2D eigenvalue weighted by atomic mass is 10.1. The summed E-state index contributed by atoms with van der Waals surface area (Å²) in [5.41, 5.74) is 1.72. The third kappa shape index (κ3) is 5.01. The Morgan fingerprint density at radius 3 is 2.79 bits per heavy atom. The fraction of sp³-hybridized carbons (Fsp3) is 0.250. The van der Waals surface area contributed by atoms with Gasteiger partial charge in [-0.1, -0.05) is 29.8 Å². The van der Waals surface area contributed by atoms with Crippen molar-refractivity contribution in [1.82, 2.24) is 15.2 Å². The minimum absolute atomic E-state index is 0.0499. The second kappa shape index (κ2) is 9.30. The summed E-state index contributed by atoms with van der Waals surface area (Å²) in [6.45, 7) is 0.362. The van der Waals surface area contributed by atoms with Crippen LogP contribution in [0.5, 0.6) is 0 Å². The molecule has 1 aromatic carbocycles. The Bertz CT molecular complexity index is 989. The van der Waals surface area contributed by atoms with Crippen LogP contribution in [0.4, 0.5) is 0 Å². The van der Waals surface area contributed by atoms with E-state index < -0.39 is 6.04 Å². The number of thioether (sulfide) groups is 1. The molecule has 9 heteroatoms. The lowest BCUT2D eigenvalue weighted by Gasteiger charge is -2.23. The van der Waals surface area contributed by atoms with Gasteiger partial charge in [-0.05, 0) is 29.1 Å². The topological polar surface area (TPSA) is 62.3 Å². The van der Waals surface area contributed by atoms with Gasteiger partial charge in [-0.2, -0.15) is 0 Å². The molecule has 4 rings (SSSR count). The zero-order valence-electron chi connectivity index (χ0n) is 15.3. The molecule has 1 aliphatic rings. The van der Waals surface area contributed by atoms with Crippen LogP contribution in [0.25, 0.3) is 9.88 Å². The molecule has 1 atom stereocenters. The smallest absolute Gasteiger partial charge is 0.244 e. The molecule has 1 N–H and O–H groups in total. The van der Waals surface area contributed by atoms with Crippen LogP contribution in [0.1, 0.15) is 11.3 Å². The number of benzene rings is 1. The van der Waals surface area contributed by atoms with Crippen LogP contribution in [0.15, 0.2) is 47.2 Å². The average Bonchev–Trinajstić information content (AvgIpc) is 3.48. The number of carbonyl (C=O) groups is 2. The number of nitrogens with one attached hydrogen (secondary N) is 1. The highest BCUT2D eigenvalue weighted by Gasteiger charge is 2.34. The zero-order chi connectivity index (χ0) is 20.2. The van der Waals surface area contributed by atoms with Crippen molar-refractivity contribution in [3.05, 3.63) is 63.4 Å². The van der Waals surface area contributed by atoms with Crippen molar-refractivity contribution in [3.63, 3.8) is 0 Å².